The predicted octanol–water partition coefficient (Wildman–Crippen LogP) is 0.711. The van der Waals surface area contributed by atoms with Gasteiger partial charge in [-0.25, -0.2) is 0 Å². The number of amides is 1. The molecule has 4 heteroatoms. The molecule has 0 heterocycles. The Morgan fingerprint density at radius 1 is 1.40 bits per heavy atom. The van der Waals surface area contributed by atoms with E-state index >= 15 is 0 Å². The second-order valence-corrected chi connectivity index (χ2v) is 4.47. The fraction of sp³-hybridized carbons (Fsp3) is 0.909. The molecule has 0 spiro atoms. The standard InChI is InChI=1S/C11H24N2O2/c1-8(2)9(3)11(14)13(4)6-10(12)7-15-5/h8-10H,6-7,12H2,1-5H3. The Labute approximate surface area is 92.8 Å². The third kappa shape index (κ3) is 5.14. The van der Waals surface area contributed by atoms with E-state index in [1.54, 1.807) is 19.1 Å². The zero-order valence-corrected chi connectivity index (χ0v) is 10.5. The van der Waals surface area contributed by atoms with E-state index in [1.165, 1.54) is 0 Å². The number of carbonyl (C=O) groups excluding carboxylic acids is 1. The number of methoxy groups -OCH3 is 1. The molecule has 0 saturated carbocycles. The number of nitrogens with zero attached hydrogens (tertiary/aromatic N) is 1. The van der Waals surface area contributed by atoms with E-state index in [2.05, 4.69) is 0 Å². The monoisotopic (exact) mass is 216 g/mol. The van der Waals surface area contributed by atoms with Gasteiger partial charge in [0.05, 0.1) is 6.61 Å². The molecule has 0 bridgehead atoms. The van der Waals surface area contributed by atoms with Crippen molar-refractivity contribution in [2.24, 2.45) is 17.6 Å². The largest absolute Gasteiger partial charge is 0.383 e. The molecule has 0 saturated heterocycles. The minimum atomic E-state index is -0.108. The van der Waals surface area contributed by atoms with Gasteiger partial charge in [-0.05, 0) is 5.92 Å². The number of hydrogen-bond acceptors (Lipinski definition) is 3. The summed E-state index contributed by atoms with van der Waals surface area (Å²) in [5, 5.41) is 0. The molecule has 0 rings (SSSR count). The summed E-state index contributed by atoms with van der Waals surface area (Å²) in [5.41, 5.74) is 5.78. The summed E-state index contributed by atoms with van der Waals surface area (Å²) >= 11 is 0. The highest BCUT2D eigenvalue weighted by Crippen LogP contribution is 2.12. The molecule has 2 atom stereocenters. The zero-order valence-electron chi connectivity index (χ0n) is 10.5. The van der Waals surface area contributed by atoms with Crippen molar-refractivity contribution < 1.29 is 9.53 Å². The molecule has 2 unspecified atom stereocenters. The Morgan fingerprint density at radius 3 is 2.33 bits per heavy atom. The lowest BCUT2D eigenvalue weighted by atomic mass is 9.96. The number of rotatable bonds is 6. The SMILES string of the molecule is COCC(N)CN(C)C(=O)C(C)C(C)C. The average Bonchev–Trinajstić information content (AvgIpc) is 2.15. The Balaban J connectivity index is 4.09. The average molecular weight is 216 g/mol. The van der Waals surface area contributed by atoms with Crippen molar-refractivity contribution >= 4 is 5.91 Å². The maximum atomic E-state index is 11.9. The first-order valence-electron chi connectivity index (χ1n) is 5.39. The first-order valence-corrected chi connectivity index (χ1v) is 5.39. The molecule has 0 aliphatic heterocycles. The smallest absolute Gasteiger partial charge is 0.225 e. The Morgan fingerprint density at radius 2 is 1.93 bits per heavy atom. The van der Waals surface area contributed by atoms with Gasteiger partial charge in [0.25, 0.3) is 0 Å². The molecule has 0 aromatic rings. The fourth-order valence-electron chi connectivity index (χ4n) is 1.34. The lowest BCUT2D eigenvalue weighted by Crippen LogP contribution is -2.43. The molecule has 2 N–H and O–H groups in total. The van der Waals surface area contributed by atoms with Crippen LogP contribution in [0.15, 0.2) is 0 Å². The Bertz CT molecular complexity index is 195. The van der Waals surface area contributed by atoms with Crippen LogP contribution in [0.3, 0.4) is 0 Å². The number of ether oxygens (including phenoxy) is 1. The first kappa shape index (κ1) is 14.4. The second kappa shape index (κ2) is 6.80. The van der Waals surface area contributed by atoms with Gasteiger partial charge in [-0.2, -0.15) is 0 Å². The minimum absolute atomic E-state index is 0.0461. The van der Waals surface area contributed by atoms with Gasteiger partial charge in [0.2, 0.25) is 5.91 Å². The maximum Gasteiger partial charge on any atom is 0.225 e. The summed E-state index contributed by atoms with van der Waals surface area (Å²) < 4.78 is 4.93. The molecular formula is C11H24N2O2. The van der Waals surface area contributed by atoms with Crippen LogP contribution in [0, 0.1) is 11.8 Å². The highest BCUT2D eigenvalue weighted by Gasteiger charge is 2.21. The van der Waals surface area contributed by atoms with Crippen LogP contribution in [0.2, 0.25) is 0 Å². The molecule has 0 aliphatic rings. The van der Waals surface area contributed by atoms with Crippen LogP contribution < -0.4 is 5.73 Å². The van der Waals surface area contributed by atoms with Gasteiger partial charge in [0, 0.05) is 32.7 Å². The number of likely N-dealkylation sites (N-methyl/N-ethyl adjacent to an activating group) is 1. The number of hydrogen-bond donors (Lipinski definition) is 1. The van der Waals surface area contributed by atoms with Crippen molar-refractivity contribution in [3.63, 3.8) is 0 Å². The molecule has 4 nitrogen and oxygen atoms in total. The fourth-order valence-corrected chi connectivity index (χ4v) is 1.34. The number of nitrogens with two attached hydrogens (primary N) is 1. The summed E-state index contributed by atoms with van der Waals surface area (Å²) in [5.74, 6) is 0.555. The van der Waals surface area contributed by atoms with Crippen LogP contribution in [0.4, 0.5) is 0 Å². The van der Waals surface area contributed by atoms with Crippen LogP contribution in [-0.2, 0) is 9.53 Å². The maximum absolute atomic E-state index is 11.9. The van der Waals surface area contributed by atoms with Crippen molar-refractivity contribution in [3.05, 3.63) is 0 Å². The highest BCUT2D eigenvalue weighted by atomic mass is 16.5. The molecule has 15 heavy (non-hydrogen) atoms. The Kier molecular flexibility index (Phi) is 6.52. The van der Waals surface area contributed by atoms with Crippen molar-refractivity contribution in [1.82, 2.24) is 4.90 Å². The van der Waals surface area contributed by atoms with Crippen LogP contribution in [0.25, 0.3) is 0 Å². The molecule has 0 radical (unpaired) electrons. The van der Waals surface area contributed by atoms with E-state index in [-0.39, 0.29) is 17.9 Å². The van der Waals surface area contributed by atoms with E-state index in [4.69, 9.17) is 10.5 Å². The summed E-state index contributed by atoms with van der Waals surface area (Å²) in [4.78, 5) is 13.5. The van der Waals surface area contributed by atoms with Crippen LogP contribution in [0.5, 0.6) is 0 Å². The van der Waals surface area contributed by atoms with E-state index in [1.807, 2.05) is 20.8 Å². The van der Waals surface area contributed by atoms with E-state index in [0.717, 1.165) is 0 Å². The lowest BCUT2D eigenvalue weighted by Gasteiger charge is -2.25. The molecule has 0 aromatic carbocycles. The van der Waals surface area contributed by atoms with Crippen molar-refractivity contribution in [2.45, 2.75) is 26.8 Å². The van der Waals surface area contributed by atoms with Crippen LogP contribution in [0.1, 0.15) is 20.8 Å². The summed E-state index contributed by atoms with van der Waals surface area (Å²) in [6, 6.07) is -0.108. The molecule has 0 aliphatic carbocycles. The van der Waals surface area contributed by atoms with E-state index < -0.39 is 0 Å². The molecule has 0 aromatic heterocycles. The van der Waals surface area contributed by atoms with Crippen LogP contribution in [-0.4, -0.2) is 44.2 Å². The third-order valence-corrected chi connectivity index (χ3v) is 2.65. The topological polar surface area (TPSA) is 55.6 Å². The predicted molar refractivity (Wildman–Crippen MR) is 61.5 cm³/mol. The molecular weight excluding hydrogens is 192 g/mol. The molecule has 90 valence electrons. The lowest BCUT2D eigenvalue weighted by molar-refractivity contribution is -0.135. The summed E-state index contributed by atoms with van der Waals surface area (Å²) in [7, 11) is 3.40. The normalized spacial score (nSPS) is 15.1. The summed E-state index contributed by atoms with van der Waals surface area (Å²) in [6.07, 6.45) is 0. The van der Waals surface area contributed by atoms with Crippen LogP contribution >= 0.6 is 0 Å². The van der Waals surface area contributed by atoms with Gasteiger partial charge in [0.15, 0.2) is 0 Å². The zero-order chi connectivity index (χ0) is 12.0. The van der Waals surface area contributed by atoms with E-state index in [9.17, 15) is 4.79 Å². The van der Waals surface area contributed by atoms with E-state index in [0.29, 0.717) is 19.1 Å². The first-order chi connectivity index (χ1) is 6.90. The van der Waals surface area contributed by atoms with Gasteiger partial charge >= 0.3 is 0 Å². The van der Waals surface area contributed by atoms with Crippen molar-refractivity contribution in [1.29, 1.82) is 0 Å². The van der Waals surface area contributed by atoms with Gasteiger partial charge in [-0.3, -0.25) is 4.79 Å². The Hall–Kier alpha value is -0.610. The highest BCUT2D eigenvalue weighted by molar-refractivity contribution is 5.78. The second-order valence-electron chi connectivity index (χ2n) is 4.47. The minimum Gasteiger partial charge on any atom is -0.383 e. The third-order valence-electron chi connectivity index (χ3n) is 2.65. The van der Waals surface area contributed by atoms with Gasteiger partial charge in [-0.1, -0.05) is 20.8 Å². The quantitative estimate of drug-likeness (QED) is 0.711. The summed E-state index contributed by atoms with van der Waals surface area (Å²) in [6.45, 7) is 7.07. The molecule has 1 amide bonds. The van der Waals surface area contributed by atoms with Crippen molar-refractivity contribution in [3.8, 4) is 0 Å². The number of carbonyl (C=O) groups is 1. The molecule has 0 fully saturated rings. The van der Waals surface area contributed by atoms with Crippen molar-refractivity contribution in [2.75, 3.05) is 27.3 Å². The van der Waals surface area contributed by atoms with Gasteiger partial charge < -0.3 is 15.4 Å². The van der Waals surface area contributed by atoms with Gasteiger partial charge in [0.1, 0.15) is 0 Å². The van der Waals surface area contributed by atoms with Gasteiger partial charge in [-0.15, -0.1) is 0 Å².